The molecule has 0 amide bonds. The molecule has 0 aliphatic heterocycles. The Labute approximate surface area is 171 Å². The van der Waals surface area contributed by atoms with Crippen LogP contribution in [0.3, 0.4) is 0 Å². The van der Waals surface area contributed by atoms with Crippen LogP contribution in [-0.4, -0.2) is 21.8 Å². The number of furan rings is 1. The number of thiazole rings is 1. The van der Waals surface area contributed by atoms with Crippen molar-refractivity contribution < 1.29 is 21.3 Å². The lowest BCUT2D eigenvalue weighted by molar-refractivity contribution is 0.509. The molecule has 0 bridgehead atoms. The number of hydrogen-bond acceptors (Lipinski definition) is 7. The van der Waals surface area contributed by atoms with Crippen molar-refractivity contribution in [3.05, 3.63) is 66.4 Å². The zero-order valence-electron chi connectivity index (χ0n) is 14.8. The number of nitrogens with two attached hydrogens (primary N) is 1. The van der Waals surface area contributed by atoms with Crippen molar-refractivity contribution in [3.63, 3.8) is 0 Å². The Hall–Kier alpha value is -2.57. The van der Waals surface area contributed by atoms with E-state index in [1.165, 1.54) is 23.5 Å². The maximum atomic E-state index is 12.4. The van der Waals surface area contributed by atoms with Crippen LogP contribution in [0.4, 0.5) is 0 Å². The van der Waals surface area contributed by atoms with Gasteiger partial charge in [0.15, 0.2) is 10.8 Å². The maximum absolute atomic E-state index is 12.4. The molecule has 0 unspecified atom stereocenters. The van der Waals surface area contributed by atoms with Crippen molar-refractivity contribution >= 4 is 41.6 Å². The molecule has 29 heavy (non-hydrogen) atoms. The van der Waals surface area contributed by atoms with Crippen LogP contribution in [0.25, 0.3) is 21.0 Å². The summed E-state index contributed by atoms with van der Waals surface area (Å²) >= 11 is 1.48. The summed E-state index contributed by atoms with van der Waals surface area (Å²) in [6.07, 6.45) is 0. The number of para-hydroxylation sites is 1. The molecule has 0 fully saturated rings. The van der Waals surface area contributed by atoms with E-state index in [-0.39, 0.29) is 16.3 Å². The van der Waals surface area contributed by atoms with Crippen LogP contribution in [0.1, 0.15) is 5.76 Å². The molecule has 0 saturated heterocycles. The van der Waals surface area contributed by atoms with Gasteiger partial charge in [-0.25, -0.2) is 31.7 Å². The summed E-state index contributed by atoms with van der Waals surface area (Å²) in [6, 6.07) is 15.8. The minimum absolute atomic E-state index is 0.0653. The van der Waals surface area contributed by atoms with Crippen LogP contribution >= 0.6 is 11.3 Å². The van der Waals surface area contributed by atoms with Gasteiger partial charge in [-0.3, -0.25) is 0 Å². The van der Waals surface area contributed by atoms with E-state index in [0.717, 1.165) is 22.3 Å². The van der Waals surface area contributed by atoms with Crippen LogP contribution in [0, 0.1) is 0 Å². The SMILES string of the molecule is NS(=O)(=O)c1ccc(S(=O)(=O)NCc2ccc(-c3nc4ccccc4s3)o2)cc1. The molecule has 0 saturated carbocycles. The zero-order chi connectivity index (χ0) is 20.6. The number of nitrogens with one attached hydrogen (secondary N) is 1. The van der Waals surface area contributed by atoms with Gasteiger partial charge >= 0.3 is 0 Å². The molecule has 2 heterocycles. The monoisotopic (exact) mass is 449 g/mol. The number of primary sulfonamides is 1. The number of fused-ring (bicyclic) bond motifs is 1. The maximum Gasteiger partial charge on any atom is 0.240 e. The molecule has 11 heteroatoms. The molecule has 2 aromatic carbocycles. The Bertz CT molecular complexity index is 1360. The van der Waals surface area contributed by atoms with E-state index in [1.807, 2.05) is 24.3 Å². The van der Waals surface area contributed by atoms with Crippen molar-refractivity contribution in [2.45, 2.75) is 16.3 Å². The summed E-state index contributed by atoms with van der Waals surface area (Å²) in [5.74, 6) is 0.974. The van der Waals surface area contributed by atoms with Gasteiger partial charge in [-0.05, 0) is 48.5 Å². The van der Waals surface area contributed by atoms with E-state index >= 15 is 0 Å². The van der Waals surface area contributed by atoms with Crippen molar-refractivity contribution in [3.8, 4) is 10.8 Å². The molecule has 4 aromatic rings. The second-order valence-corrected chi connectivity index (χ2v) is 10.5. The molecule has 0 radical (unpaired) electrons. The molecule has 0 atom stereocenters. The van der Waals surface area contributed by atoms with Gasteiger partial charge in [-0.2, -0.15) is 0 Å². The highest BCUT2D eigenvalue weighted by Gasteiger charge is 2.17. The van der Waals surface area contributed by atoms with Crippen molar-refractivity contribution in [2.24, 2.45) is 5.14 Å². The van der Waals surface area contributed by atoms with Crippen molar-refractivity contribution in [2.75, 3.05) is 0 Å². The number of rotatable bonds is 6. The molecule has 2 aromatic heterocycles. The van der Waals surface area contributed by atoms with E-state index in [0.29, 0.717) is 16.5 Å². The first-order chi connectivity index (χ1) is 13.7. The highest BCUT2D eigenvalue weighted by molar-refractivity contribution is 7.89. The first-order valence-electron chi connectivity index (χ1n) is 8.29. The van der Waals surface area contributed by atoms with Crippen molar-refractivity contribution in [1.29, 1.82) is 0 Å². The number of aromatic nitrogens is 1. The first-order valence-corrected chi connectivity index (χ1v) is 12.1. The van der Waals surface area contributed by atoms with Gasteiger partial charge < -0.3 is 4.42 Å². The number of sulfonamides is 2. The highest BCUT2D eigenvalue weighted by atomic mass is 32.2. The topological polar surface area (TPSA) is 132 Å². The summed E-state index contributed by atoms with van der Waals surface area (Å²) in [4.78, 5) is 4.26. The zero-order valence-corrected chi connectivity index (χ0v) is 17.2. The van der Waals surface area contributed by atoms with Gasteiger partial charge in [-0.15, -0.1) is 11.3 Å². The van der Waals surface area contributed by atoms with Crippen molar-refractivity contribution in [1.82, 2.24) is 9.71 Å². The van der Waals surface area contributed by atoms with E-state index in [2.05, 4.69) is 9.71 Å². The molecule has 0 aliphatic carbocycles. The minimum atomic E-state index is -3.89. The van der Waals surface area contributed by atoms with Crippen LogP contribution < -0.4 is 9.86 Å². The van der Waals surface area contributed by atoms with Gasteiger partial charge in [0.05, 0.1) is 26.6 Å². The molecule has 8 nitrogen and oxygen atoms in total. The summed E-state index contributed by atoms with van der Waals surface area (Å²) in [5.41, 5.74) is 0.870. The molecule has 4 rings (SSSR count). The van der Waals surface area contributed by atoms with E-state index in [1.54, 1.807) is 12.1 Å². The Kier molecular flexibility index (Phi) is 5.00. The lowest BCUT2D eigenvalue weighted by Gasteiger charge is -2.06. The second-order valence-electron chi connectivity index (χ2n) is 6.09. The standard InChI is InChI=1S/C18H15N3O5S3/c19-28(22,23)13-6-8-14(9-7-13)29(24,25)20-11-12-5-10-16(26-12)18-21-15-3-1-2-4-17(15)27-18/h1-10,20H,11H2,(H2,19,22,23). The lowest BCUT2D eigenvalue weighted by atomic mass is 10.3. The first kappa shape index (κ1) is 19.7. The third kappa shape index (κ3) is 4.23. The van der Waals surface area contributed by atoms with E-state index in [9.17, 15) is 16.8 Å². The summed E-state index contributed by atoms with van der Waals surface area (Å²) in [6.45, 7) is -0.0653. The fraction of sp³-hybridized carbons (Fsp3) is 0.0556. The molecule has 0 aliphatic rings. The van der Waals surface area contributed by atoms with Gasteiger partial charge in [0.2, 0.25) is 20.0 Å². The fourth-order valence-corrected chi connectivity index (χ4v) is 5.06. The van der Waals surface area contributed by atoms with Gasteiger partial charge in [0, 0.05) is 0 Å². The normalized spacial score (nSPS) is 12.4. The summed E-state index contributed by atoms with van der Waals surface area (Å²) < 4.78 is 56.6. The Balaban J connectivity index is 1.49. The predicted molar refractivity (Wildman–Crippen MR) is 109 cm³/mol. The third-order valence-electron chi connectivity index (χ3n) is 4.07. The largest absolute Gasteiger partial charge is 0.457 e. The van der Waals surface area contributed by atoms with Gasteiger partial charge in [-0.1, -0.05) is 12.1 Å². The van der Waals surface area contributed by atoms with Gasteiger partial charge in [0.1, 0.15) is 5.76 Å². The number of hydrogen-bond donors (Lipinski definition) is 2. The number of nitrogens with zero attached hydrogens (tertiary/aromatic N) is 1. The fourth-order valence-electron chi connectivity index (χ4n) is 2.62. The van der Waals surface area contributed by atoms with E-state index < -0.39 is 20.0 Å². The lowest BCUT2D eigenvalue weighted by Crippen LogP contribution is -2.23. The quantitative estimate of drug-likeness (QED) is 0.465. The average Bonchev–Trinajstić information content (AvgIpc) is 3.32. The molecule has 0 spiro atoms. The molecule has 150 valence electrons. The van der Waals surface area contributed by atoms with Crippen LogP contribution in [0.5, 0.6) is 0 Å². The van der Waals surface area contributed by atoms with Crippen LogP contribution in [0.2, 0.25) is 0 Å². The predicted octanol–water partition coefficient (Wildman–Crippen LogP) is 2.68. The Morgan fingerprint density at radius 3 is 2.31 bits per heavy atom. The summed E-state index contributed by atoms with van der Waals surface area (Å²) in [5, 5.41) is 5.72. The minimum Gasteiger partial charge on any atom is -0.457 e. The Morgan fingerprint density at radius 2 is 1.62 bits per heavy atom. The summed E-state index contributed by atoms with van der Waals surface area (Å²) in [7, 11) is -7.74. The Morgan fingerprint density at radius 1 is 0.931 bits per heavy atom. The average molecular weight is 450 g/mol. The molecular formula is C18H15N3O5S3. The second kappa shape index (κ2) is 7.35. The van der Waals surface area contributed by atoms with Gasteiger partial charge in [0.25, 0.3) is 0 Å². The molecular weight excluding hydrogens is 434 g/mol. The number of benzene rings is 2. The smallest absolute Gasteiger partial charge is 0.240 e. The van der Waals surface area contributed by atoms with E-state index in [4.69, 9.17) is 9.56 Å². The van der Waals surface area contributed by atoms with Crippen LogP contribution in [-0.2, 0) is 26.6 Å². The highest BCUT2D eigenvalue weighted by Crippen LogP contribution is 2.31. The van der Waals surface area contributed by atoms with Crippen LogP contribution in [0.15, 0.2) is 74.9 Å². The third-order valence-corrected chi connectivity index (χ3v) is 7.46. The molecule has 3 N–H and O–H groups in total.